The molecule has 0 bridgehead atoms. The number of carbonyl (C=O) groups excluding carboxylic acids is 1. The predicted octanol–water partition coefficient (Wildman–Crippen LogP) is 5.85. The molecule has 8 nitrogen and oxygen atoms in total. The molecule has 0 aliphatic heterocycles. The standard InChI is InChI=1S/C27H28N4O4S2/c1-4-35-27(32)23-19-14-11-17(3)15-22(19)36-26(23)30-24-25(29-21-8-6-5-7-20(21)28-24)31-37(33,34)18-12-9-16(2)10-13-18/h5-10,12-13,17H,4,11,14-15H2,1-3H3,(H,28,30)(H,29,31)/t17-/m1/s1. The number of hydrogen-bond donors (Lipinski definition) is 2. The van der Waals surface area contributed by atoms with Crippen LogP contribution in [0.25, 0.3) is 11.0 Å². The molecule has 2 heterocycles. The number of ether oxygens (including phenoxy) is 1. The number of esters is 1. The van der Waals surface area contributed by atoms with Crippen molar-refractivity contribution in [2.24, 2.45) is 5.92 Å². The number of carbonyl (C=O) groups is 1. The van der Waals surface area contributed by atoms with E-state index in [2.05, 4.69) is 26.9 Å². The number of sulfonamides is 1. The number of aryl methyl sites for hydroxylation is 1. The van der Waals surface area contributed by atoms with Gasteiger partial charge in [0.05, 0.1) is 28.1 Å². The molecule has 4 aromatic rings. The average Bonchev–Trinajstić information content (AvgIpc) is 3.21. The van der Waals surface area contributed by atoms with Gasteiger partial charge in [-0.15, -0.1) is 11.3 Å². The lowest BCUT2D eigenvalue weighted by atomic mass is 9.88. The number of fused-ring (bicyclic) bond motifs is 2. The molecule has 2 aromatic heterocycles. The largest absolute Gasteiger partial charge is 0.462 e. The van der Waals surface area contributed by atoms with Crippen molar-refractivity contribution in [1.29, 1.82) is 0 Å². The molecule has 1 atom stereocenters. The van der Waals surface area contributed by atoms with Crippen LogP contribution in [0.5, 0.6) is 0 Å². The summed E-state index contributed by atoms with van der Waals surface area (Å²) in [5.41, 5.74) is 3.58. The first-order valence-corrected chi connectivity index (χ1v) is 14.5. The minimum atomic E-state index is -3.94. The highest BCUT2D eigenvalue weighted by molar-refractivity contribution is 7.92. The molecule has 2 aromatic carbocycles. The molecule has 37 heavy (non-hydrogen) atoms. The Balaban J connectivity index is 1.60. The number of nitrogens with one attached hydrogen (secondary N) is 2. The van der Waals surface area contributed by atoms with Crippen LogP contribution in [-0.4, -0.2) is 31.0 Å². The van der Waals surface area contributed by atoms with Gasteiger partial charge in [-0.1, -0.05) is 36.8 Å². The van der Waals surface area contributed by atoms with E-state index in [1.165, 1.54) is 11.3 Å². The van der Waals surface area contributed by atoms with E-state index in [-0.39, 0.29) is 23.1 Å². The topological polar surface area (TPSA) is 110 Å². The fraction of sp³-hybridized carbons (Fsp3) is 0.296. The maximum Gasteiger partial charge on any atom is 0.341 e. The van der Waals surface area contributed by atoms with E-state index in [1.807, 2.05) is 19.1 Å². The third-order valence-corrected chi connectivity index (χ3v) is 8.88. The van der Waals surface area contributed by atoms with Crippen LogP contribution in [0.4, 0.5) is 16.6 Å². The number of rotatable bonds is 7. The summed E-state index contributed by atoms with van der Waals surface area (Å²) in [5, 5.41) is 3.83. The van der Waals surface area contributed by atoms with Gasteiger partial charge in [0.15, 0.2) is 11.6 Å². The van der Waals surface area contributed by atoms with E-state index in [0.717, 1.165) is 35.3 Å². The monoisotopic (exact) mass is 536 g/mol. The van der Waals surface area contributed by atoms with Gasteiger partial charge >= 0.3 is 5.97 Å². The number of thiophene rings is 1. The molecular formula is C27H28N4O4S2. The van der Waals surface area contributed by atoms with Crippen molar-refractivity contribution in [3.8, 4) is 0 Å². The van der Waals surface area contributed by atoms with Gasteiger partial charge in [0.1, 0.15) is 5.00 Å². The van der Waals surface area contributed by atoms with E-state index in [4.69, 9.17) is 4.74 Å². The van der Waals surface area contributed by atoms with Crippen LogP contribution in [0.1, 0.15) is 46.6 Å². The Morgan fingerprint density at radius 2 is 1.76 bits per heavy atom. The molecule has 192 valence electrons. The zero-order valence-corrected chi connectivity index (χ0v) is 22.5. The Hall–Kier alpha value is -3.50. The first kappa shape index (κ1) is 25.2. The predicted molar refractivity (Wildman–Crippen MR) is 146 cm³/mol. The molecule has 1 aliphatic carbocycles. The van der Waals surface area contributed by atoms with Gasteiger partial charge in [0.2, 0.25) is 0 Å². The summed E-state index contributed by atoms with van der Waals surface area (Å²) < 4.78 is 34.5. The second-order valence-corrected chi connectivity index (χ2v) is 12.0. The third-order valence-electron chi connectivity index (χ3n) is 6.36. The van der Waals surface area contributed by atoms with Crippen molar-refractivity contribution in [3.63, 3.8) is 0 Å². The smallest absolute Gasteiger partial charge is 0.341 e. The first-order valence-electron chi connectivity index (χ1n) is 12.2. The molecule has 0 unspecified atom stereocenters. The summed E-state index contributed by atoms with van der Waals surface area (Å²) in [6, 6.07) is 13.8. The highest BCUT2D eigenvalue weighted by Crippen LogP contribution is 2.42. The number of hydrogen-bond acceptors (Lipinski definition) is 8. The van der Waals surface area contributed by atoms with Crippen molar-refractivity contribution in [2.75, 3.05) is 16.6 Å². The van der Waals surface area contributed by atoms with Gasteiger partial charge in [-0.05, 0) is 68.9 Å². The van der Waals surface area contributed by atoms with E-state index in [9.17, 15) is 13.2 Å². The van der Waals surface area contributed by atoms with Gasteiger partial charge in [0, 0.05) is 4.88 Å². The van der Waals surface area contributed by atoms with Gasteiger partial charge in [0.25, 0.3) is 10.0 Å². The minimum Gasteiger partial charge on any atom is -0.462 e. The zero-order valence-electron chi connectivity index (χ0n) is 20.9. The summed E-state index contributed by atoms with van der Waals surface area (Å²) in [5.74, 6) is 0.388. The fourth-order valence-electron chi connectivity index (χ4n) is 4.43. The number of anilines is 3. The normalized spacial score (nSPS) is 15.3. The van der Waals surface area contributed by atoms with Crippen LogP contribution < -0.4 is 10.0 Å². The SMILES string of the molecule is CCOC(=O)c1c(Nc2nc3ccccc3nc2NS(=O)(=O)c2ccc(C)cc2)sc2c1CC[C@@H](C)C2. The molecule has 0 spiro atoms. The molecule has 0 fully saturated rings. The van der Waals surface area contributed by atoms with Crippen molar-refractivity contribution >= 4 is 55.0 Å². The van der Waals surface area contributed by atoms with E-state index in [1.54, 1.807) is 43.3 Å². The van der Waals surface area contributed by atoms with Crippen LogP contribution in [0, 0.1) is 12.8 Å². The summed E-state index contributed by atoms with van der Waals surface area (Å²) in [4.78, 5) is 23.5. The zero-order chi connectivity index (χ0) is 26.2. The maximum absolute atomic E-state index is 13.2. The highest BCUT2D eigenvalue weighted by Gasteiger charge is 2.29. The lowest BCUT2D eigenvalue weighted by molar-refractivity contribution is 0.0526. The molecule has 10 heteroatoms. The van der Waals surface area contributed by atoms with Gasteiger partial charge < -0.3 is 10.1 Å². The molecule has 0 saturated carbocycles. The minimum absolute atomic E-state index is 0.0498. The van der Waals surface area contributed by atoms with E-state index >= 15 is 0 Å². The Labute approximate surface area is 220 Å². The van der Waals surface area contributed by atoms with E-state index < -0.39 is 16.0 Å². The fourth-order valence-corrected chi connectivity index (χ4v) is 6.83. The number of aromatic nitrogens is 2. The molecule has 5 rings (SSSR count). The highest BCUT2D eigenvalue weighted by atomic mass is 32.2. The Bertz CT molecular complexity index is 1580. The number of benzene rings is 2. The van der Waals surface area contributed by atoms with Crippen molar-refractivity contribution in [2.45, 2.75) is 44.9 Å². The van der Waals surface area contributed by atoms with Gasteiger partial charge in [-0.2, -0.15) is 0 Å². The van der Waals surface area contributed by atoms with Crippen LogP contribution >= 0.6 is 11.3 Å². The number of para-hydroxylation sites is 2. The van der Waals surface area contributed by atoms with E-state index in [0.29, 0.717) is 27.5 Å². The Morgan fingerprint density at radius 1 is 1.08 bits per heavy atom. The summed E-state index contributed by atoms with van der Waals surface area (Å²) in [6.07, 6.45) is 2.66. The van der Waals surface area contributed by atoms with Crippen molar-refractivity contribution < 1.29 is 17.9 Å². The van der Waals surface area contributed by atoms with Crippen LogP contribution in [0.3, 0.4) is 0 Å². The molecule has 0 amide bonds. The average molecular weight is 537 g/mol. The van der Waals surface area contributed by atoms with Crippen LogP contribution in [0.15, 0.2) is 53.4 Å². The second kappa shape index (κ2) is 10.1. The van der Waals surface area contributed by atoms with Crippen LogP contribution in [0.2, 0.25) is 0 Å². The maximum atomic E-state index is 13.2. The van der Waals surface area contributed by atoms with Crippen molar-refractivity contribution in [1.82, 2.24) is 9.97 Å². The summed E-state index contributed by atoms with van der Waals surface area (Å²) >= 11 is 1.49. The number of nitrogens with zero attached hydrogens (tertiary/aromatic N) is 2. The quantitative estimate of drug-likeness (QED) is 0.285. The third kappa shape index (κ3) is 5.17. The summed E-state index contributed by atoms with van der Waals surface area (Å²) in [6.45, 7) is 6.13. The molecule has 0 saturated heterocycles. The Kier molecular flexibility index (Phi) is 6.87. The van der Waals surface area contributed by atoms with Crippen molar-refractivity contribution in [3.05, 3.63) is 70.1 Å². The first-order chi connectivity index (χ1) is 17.7. The molecular weight excluding hydrogens is 508 g/mol. The lowest BCUT2D eigenvalue weighted by Gasteiger charge is -2.18. The van der Waals surface area contributed by atoms with Crippen LogP contribution in [-0.2, 0) is 27.6 Å². The second-order valence-electron chi connectivity index (χ2n) is 9.23. The summed E-state index contributed by atoms with van der Waals surface area (Å²) in [7, 11) is -3.94. The van der Waals surface area contributed by atoms with Gasteiger partial charge in [-0.25, -0.2) is 23.2 Å². The molecule has 0 radical (unpaired) electrons. The van der Waals surface area contributed by atoms with Gasteiger partial charge in [-0.3, -0.25) is 4.72 Å². The lowest BCUT2D eigenvalue weighted by Crippen LogP contribution is -2.16. The Morgan fingerprint density at radius 3 is 2.43 bits per heavy atom. The molecule has 1 aliphatic rings. The molecule has 2 N–H and O–H groups in total.